The third kappa shape index (κ3) is 2.74. The Kier molecular flexibility index (Phi) is 2.72. The first-order valence-corrected chi connectivity index (χ1v) is 5.82. The van der Waals surface area contributed by atoms with Crippen molar-refractivity contribution in [1.82, 2.24) is 9.55 Å². The molecule has 1 aromatic heterocycles. The van der Waals surface area contributed by atoms with Gasteiger partial charge in [0.2, 0.25) is 0 Å². The predicted molar refractivity (Wildman–Crippen MR) is 62.4 cm³/mol. The topological polar surface area (TPSA) is 43.8 Å². The molecular formula is C12H21N3. The Morgan fingerprint density at radius 1 is 1.47 bits per heavy atom. The monoisotopic (exact) mass is 207 g/mol. The van der Waals surface area contributed by atoms with Crippen LogP contribution in [0.4, 0.5) is 5.82 Å². The van der Waals surface area contributed by atoms with Crippen molar-refractivity contribution >= 4 is 5.82 Å². The lowest BCUT2D eigenvalue weighted by Gasteiger charge is -2.34. The fraction of sp³-hybridized carbons (Fsp3) is 0.750. The third-order valence-corrected chi connectivity index (χ3v) is 3.58. The van der Waals surface area contributed by atoms with Crippen LogP contribution >= 0.6 is 0 Å². The Bertz CT molecular complexity index is 317. The first kappa shape index (κ1) is 10.5. The van der Waals surface area contributed by atoms with Gasteiger partial charge in [0.1, 0.15) is 5.82 Å². The maximum Gasteiger partial charge on any atom is 0.141 e. The van der Waals surface area contributed by atoms with Crippen molar-refractivity contribution in [1.29, 1.82) is 0 Å². The van der Waals surface area contributed by atoms with Crippen molar-refractivity contribution in [3.63, 3.8) is 0 Å². The number of nitrogens with zero attached hydrogens (tertiary/aromatic N) is 2. The van der Waals surface area contributed by atoms with Crippen LogP contribution in [0.3, 0.4) is 0 Å². The van der Waals surface area contributed by atoms with E-state index < -0.39 is 0 Å². The van der Waals surface area contributed by atoms with Crippen LogP contribution in [0.15, 0.2) is 12.5 Å². The summed E-state index contributed by atoms with van der Waals surface area (Å²) in [5, 5.41) is 0. The van der Waals surface area contributed by atoms with Crippen molar-refractivity contribution < 1.29 is 0 Å². The fourth-order valence-corrected chi connectivity index (χ4v) is 2.42. The van der Waals surface area contributed by atoms with E-state index in [1.165, 1.54) is 25.7 Å². The molecule has 0 atom stereocenters. The highest BCUT2D eigenvalue weighted by molar-refractivity contribution is 5.22. The number of imidazole rings is 1. The first-order valence-electron chi connectivity index (χ1n) is 5.82. The van der Waals surface area contributed by atoms with Crippen LogP contribution in [0.2, 0.25) is 0 Å². The zero-order valence-electron chi connectivity index (χ0n) is 9.74. The second-order valence-corrected chi connectivity index (χ2v) is 5.60. The van der Waals surface area contributed by atoms with Gasteiger partial charge >= 0.3 is 0 Å². The summed E-state index contributed by atoms with van der Waals surface area (Å²) >= 11 is 0. The number of nitrogens with two attached hydrogens (primary N) is 1. The molecular weight excluding hydrogens is 186 g/mol. The number of hydrogen-bond acceptors (Lipinski definition) is 2. The van der Waals surface area contributed by atoms with Crippen LogP contribution in [-0.2, 0) is 6.54 Å². The van der Waals surface area contributed by atoms with Crippen molar-refractivity contribution in [3.8, 4) is 0 Å². The van der Waals surface area contributed by atoms with E-state index in [0.717, 1.165) is 12.5 Å². The summed E-state index contributed by atoms with van der Waals surface area (Å²) in [4.78, 5) is 4.05. The molecule has 1 saturated carbocycles. The van der Waals surface area contributed by atoms with Gasteiger partial charge in [-0.05, 0) is 37.0 Å². The zero-order valence-corrected chi connectivity index (χ0v) is 9.74. The van der Waals surface area contributed by atoms with Gasteiger partial charge in [-0.1, -0.05) is 13.8 Å². The highest BCUT2D eigenvalue weighted by Crippen LogP contribution is 2.38. The van der Waals surface area contributed by atoms with Gasteiger partial charge < -0.3 is 10.3 Å². The first-order chi connectivity index (χ1) is 7.05. The van der Waals surface area contributed by atoms with E-state index in [2.05, 4.69) is 23.4 Å². The van der Waals surface area contributed by atoms with Crippen LogP contribution in [0, 0.1) is 11.3 Å². The molecule has 3 heteroatoms. The van der Waals surface area contributed by atoms with Crippen LogP contribution < -0.4 is 5.73 Å². The molecule has 0 saturated heterocycles. The van der Waals surface area contributed by atoms with E-state index in [-0.39, 0.29) is 0 Å². The molecule has 2 rings (SSSR count). The number of hydrogen-bond donors (Lipinski definition) is 1. The predicted octanol–water partition coefficient (Wildman–Crippen LogP) is 2.68. The van der Waals surface area contributed by atoms with Gasteiger partial charge in [0.15, 0.2) is 0 Å². The van der Waals surface area contributed by atoms with E-state index in [1.54, 1.807) is 0 Å². The molecule has 0 aliphatic heterocycles. The normalized spacial score (nSPS) is 21.7. The molecule has 0 unspecified atom stereocenters. The van der Waals surface area contributed by atoms with Crippen molar-refractivity contribution in [2.75, 3.05) is 5.73 Å². The van der Waals surface area contributed by atoms with Crippen molar-refractivity contribution in [2.24, 2.45) is 11.3 Å². The standard InChI is InChI=1S/C12H21N3/c1-12(2)5-3-10(4-6-12)7-15-8-11(13)14-9-15/h8-10H,3-7,13H2,1-2H3. The molecule has 84 valence electrons. The van der Waals surface area contributed by atoms with Gasteiger partial charge in [-0.25, -0.2) is 4.98 Å². The summed E-state index contributed by atoms with van der Waals surface area (Å²) in [6.45, 7) is 5.83. The molecule has 1 aromatic rings. The molecule has 1 heterocycles. The van der Waals surface area contributed by atoms with E-state index in [1.807, 2.05) is 12.5 Å². The Hall–Kier alpha value is -0.990. The van der Waals surface area contributed by atoms with E-state index in [0.29, 0.717) is 11.2 Å². The van der Waals surface area contributed by atoms with Crippen molar-refractivity contribution in [2.45, 2.75) is 46.1 Å². The molecule has 1 aliphatic carbocycles. The molecule has 1 fully saturated rings. The largest absolute Gasteiger partial charge is 0.382 e. The van der Waals surface area contributed by atoms with Crippen LogP contribution in [0.1, 0.15) is 39.5 Å². The van der Waals surface area contributed by atoms with Gasteiger partial charge in [0, 0.05) is 12.7 Å². The minimum Gasteiger partial charge on any atom is -0.382 e. The smallest absolute Gasteiger partial charge is 0.141 e. The number of aromatic nitrogens is 2. The van der Waals surface area contributed by atoms with Gasteiger partial charge in [-0.2, -0.15) is 0 Å². The molecule has 1 aliphatic rings. The summed E-state index contributed by atoms with van der Waals surface area (Å²) in [5.74, 6) is 1.44. The minimum absolute atomic E-state index is 0.560. The maximum absolute atomic E-state index is 5.59. The summed E-state index contributed by atoms with van der Waals surface area (Å²) in [7, 11) is 0. The fourth-order valence-electron chi connectivity index (χ4n) is 2.42. The lowest BCUT2D eigenvalue weighted by molar-refractivity contribution is 0.179. The van der Waals surface area contributed by atoms with E-state index in [9.17, 15) is 0 Å². The van der Waals surface area contributed by atoms with Crippen LogP contribution in [0.5, 0.6) is 0 Å². The lowest BCUT2D eigenvalue weighted by atomic mass is 9.73. The molecule has 0 amide bonds. The second kappa shape index (κ2) is 3.87. The Morgan fingerprint density at radius 2 is 2.13 bits per heavy atom. The molecule has 0 aromatic carbocycles. The van der Waals surface area contributed by atoms with Crippen LogP contribution in [-0.4, -0.2) is 9.55 Å². The molecule has 2 N–H and O–H groups in total. The number of rotatable bonds is 2. The average molecular weight is 207 g/mol. The number of nitrogen functional groups attached to an aromatic ring is 1. The van der Waals surface area contributed by atoms with Gasteiger partial charge in [-0.3, -0.25) is 0 Å². The van der Waals surface area contributed by atoms with Gasteiger partial charge in [0.25, 0.3) is 0 Å². The van der Waals surface area contributed by atoms with E-state index >= 15 is 0 Å². The van der Waals surface area contributed by atoms with Gasteiger partial charge in [0.05, 0.1) is 6.33 Å². The number of anilines is 1. The molecule has 15 heavy (non-hydrogen) atoms. The Morgan fingerprint density at radius 3 is 2.67 bits per heavy atom. The molecule has 3 nitrogen and oxygen atoms in total. The molecule has 0 bridgehead atoms. The molecule has 0 radical (unpaired) electrons. The SMILES string of the molecule is CC1(C)CCC(Cn2cnc(N)c2)CC1. The average Bonchev–Trinajstić information content (AvgIpc) is 2.55. The summed E-state index contributed by atoms with van der Waals surface area (Å²) in [5.41, 5.74) is 6.15. The maximum atomic E-state index is 5.59. The van der Waals surface area contributed by atoms with Crippen molar-refractivity contribution in [3.05, 3.63) is 12.5 Å². The Balaban J connectivity index is 1.87. The highest BCUT2D eigenvalue weighted by Gasteiger charge is 2.26. The summed E-state index contributed by atoms with van der Waals surface area (Å²) in [6, 6.07) is 0. The Labute approximate surface area is 91.7 Å². The van der Waals surface area contributed by atoms with Crippen LogP contribution in [0.25, 0.3) is 0 Å². The molecule has 0 spiro atoms. The zero-order chi connectivity index (χ0) is 10.9. The lowest BCUT2D eigenvalue weighted by Crippen LogP contribution is -2.23. The third-order valence-electron chi connectivity index (χ3n) is 3.58. The van der Waals surface area contributed by atoms with E-state index in [4.69, 9.17) is 5.73 Å². The quantitative estimate of drug-likeness (QED) is 0.810. The summed E-state index contributed by atoms with van der Waals surface area (Å²) in [6.07, 6.45) is 9.15. The highest BCUT2D eigenvalue weighted by atomic mass is 15.1. The summed E-state index contributed by atoms with van der Waals surface area (Å²) < 4.78 is 2.12. The minimum atomic E-state index is 0.560. The second-order valence-electron chi connectivity index (χ2n) is 5.60. The van der Waals surface area contributed by atoms with Gasteiger partial charge in [-0.15, -0.1) is 0 Å².